The Bertz CT molecular complexity index is 1620. The zero-order valence-corrected chi connectivity index (χ0v) is 27.2. The number of pyridine rings is 2. The number of nitrogens with one attached hydrogen (secondary N) is 3. The van der Waals surface area contributed by atoms with E-state index in [0.717, 1.165) is 24.4 Å². The lowest BCUT2D eigenvalue weighted by atomic mass is 9.82. The van der Waals surface area contributed by atoms with Gasteiger partial charge < -0.3 is 20.5 Å². The van der Waals surface area contributed by atoms with Crippen LogP contribution in [0.4, 0.5) is 32.6 Å². The van der Waals surface area contributed by atoms with Crippen molar-refractivity contribution in [2.24, 2.45) is 10.7 Å². The number of hydrogen-bond acceptors (Lipinski definition) is 9. The molecule has 0 spiro atoms. The van der Waals surface area contributed by atoms with E-state index in [-0.39, 0.29) is 28.1 Å². The first-order valence-electron chi connectivity index (χ1n) is 13.8. The first-order chi connectivity index (χ1) is 21.1. The smallest absolute Gasteiger partial charge is 0.413 e. The standard InChI is InChI=1S/C28H33ClF5N7O4S/c1-24(2,3)45-23(43)40-21-25(4,5)46-13-37-28(46,11-27(33,34)12-35)26(6,41-21)19-16(30)7-8-17(38-19)39-20(42)18-15(29)9-14(10-36-18)44-22(31)32/h7-10,13,22,37H,11-12,35H2,1-6H3,(H,38,39,42)(H,40,41,43)/t26-,28-,46-/m1/s1. The van der Waals surface area contributed by atoms with Crippen LogP contribution in [0.2, 0.25) is 5.02 Å². The summed E-state index contributed by atoms with van der Waals surface area (Å²) < 4.78 is 79.7. The first-order valence-corrected chi connectivity index (χ1v) is 15.4. The van der Waals surface area contributed by atoms with E-state index in [9.17, 15) is 18.4 Å². The minimum atomic E-state index is -3.42. The average Bonchev–Trinajstić information content (AvgIpc) is 2.89. The summed E-state index contributed by atoms with van der Waals surface area (Å²) in [6.07, 6.45) is -0.873. The fourth-order valence-electron chi connectivity index (χ4n) is 5.09. The van der Waals surface area contributed by atoms with Crippen molar-refractivity contribution in [2.45, 2.75) is 81.3 Å². The van der Waals surface area contributed by atoms with Gasteiger partial charge in [0.05, 0.1) is 22.5 Å². The molecule has 2 aliphatic rings. The number of nitrogens with zero attached hydrogens (tertiary/aromatic N) is 3. The predicted molar refractivity (Wildman–Crippen MR) is 164 cm³/mol. The number of alkyl halides is 4. The molecule has 2 aromatic rings. The van der Waals surface area contributed by atoms with E-state index < -0.39 is 80.3 Å². The normalized spacial score (nSPS) is 23.8. The fraction of sp³-hybridized carbons (Fsp3) is 0.500. The van der Waals surface area contributed by atoms with Gasteiger partial charge in [-0.25, -0.2) is 27.9 Å². The molecule has 0 aromatic carbocycles. The maximum absolute atomic E-state index is 15.8. The Hall–Kier alpha value is -3.41. The number of fused-ring (bicyclic) bond motifs is 1. The molecule has 4 heterocycles. The molecule has 2 amide bonds. The van der Waals surface area contributed by atoms with Crippen molar-refractivity contribution >= 4 is 51.2 Å². The maximum atomic E-state index is 15.8. The van der Waals surface area contributed by atoms with Crippen LogP contribution in [0.3, 0.4) is 0 Å². The Morgan fingerprint density at radius 2 is 1.85 bits per heavy atom. The predicted octanol–water partition coefficient (Wildman–Crippen LogP) is 5.37. The zero-order chi connectivity index (χ0) is 34.5. The molecule has 3 atom stereocenters. The molecule has 0 saturated heterocycles. The van der Waals surface area contributed by atoms with Gasteiger partial charge in [0.2, 0.25) is 0 Å². The van der Waals surface area contributed by atoms with Crippen LogP contribution in [0.25, 0.3) is 0 Å². The number of nitrogens with two attached hydrogens (primary N) is 1. The second kappa shape index (κ2) is 12.3. The Labute approximate surface area is 268 Å². The van der Waals surface area contributed by atoms with E-state index in [2.05, 4.69) is 30.7 Å². The number of ether oxygens (including phenoxy) is 2. The van der Waals surface area contributed by atoms with E-state index in [1.165, 1.54) is 6.92 Å². The molecular weight excluding hydrogens is 661 g/mol. The van der Waals surface area contributed by atoms with Crippen LogP contribution in [-0.4, -0.2) is 67.6 Å². The van der Waals surface area contributed by atoms with Gasteiger partial charge in [-0.05, 0) is 53.7 Å². The lowest BCUT2D eigenvalue weighted by Crippen LogP contribution is -2.72. The van der Waals surface area contributed by atoms with Crippen molar-refractivity contribution in [2.75, 3.05) is 11.9 Å². The largest absolute Gasteiger partial charge is 0.444 e. The Balaban J connectivity index is 1.81. The van der Waals surface area contributed by atoms with Crippen LogP contribution >= 0.6 is 22.1 Å². The van der Waals surface area contributed by atoms with Gasteiger partial charge >= 0.3 is 12.7 Å². The van der Waals surface area contributed by atoms with E-state index in [1.807, 2.05) is 0 Å². The van der Waals surface area contributed by atoms with Gasteiger partial charge in [-0.15, -0.1) is 10.5 Å². The molecule has 11 nitrogen and oxygen atoms in total. The van der Waals surface area contributed by atoms with E-state index in [0.29, 0.717) is 0 Å². The van der Waals surface area contributed by atoms with Gasteiger partial charge in [0.15, 0.2) is 0 Å². The zero-order valence-electron chi connectivity index (χ0n) is 25.6. The number of alkyl carbamates (subject to hydrolysis) is 1. The SMILES string of the molecule is CC(C)(C)OC(=O)NC1=N[C@](C)(c2nc(NC(=O)c3ncc(OC(F)F)cc3Cl)ccc2F)[C@]2(CC(F)(F)CN)NC=[S@@]2C1(C)C. The van der Waals surface area contributed by atoms with Gasteiger partial charge in [-0.3, -0.25) is 20.4 Å². The van der Waals surface area contributed by atoms with Crippen molar-refractivity contribution in [1.82, 2.24) is 20.6 Å². The summed E-state index contributed by atoms with van der Waals surface area (Å²) in [6.45, 7) is 5.61. The molecule has 2 aliphatic heterocycles. The number of anilines is 1. The van der Waals surface area contributed by atoms with Crippen molar-refractivity contribution in [3.63, 3.8) is 0 Å². The quantitative estimate of drug-likeness (QED) is 0.213. The van der Waals surface area contributed by atoms with Crippen molar-refractivity contribution in [3.8, 4) is 5.75 Å². The number of rotatable bonds is 8. The number of carbonyl (C=O) groups is 2. The minimum Gasteiger partial charge on any atom is -0.444 e. The number of carbonyl (C=O) groups excluding carboxylic acids is 2. The average molecular weight is 694 g/mol. The summed E-state index contributed by atoms with van der Waals surface area (Å²) in [5.74, 6) is -5.89. The van der Waals surface area contributed by atoms with Crippen LogP contribution in [0.15, 0.2) is 29.4 Å². The Kier molecular flexibility index (Phi) is 9.49. The fourth-order valence-corrected chi connectivity index (χ4v) is 8.26. The molecule has 4 rings (SSSR count). The minimum absolute atomic E-state index is 0.0368. The Morgan fingerprint density at radius 3 is 2.39 bits per heavy atom. The molecule has 0 saturated carbocycles. The van der Waals surface area contributed by atoms with Crippen LogP contribution < -0.4 is 26.4 Å². The number of amidine groups is 1. The molecule has 252 valence electrons. The second-order valence-electron chi connectivity index (χ2n) is 12.2. The maximum Gasteiger partial charge on any atom is 0.413 e. The van der Waals surface area contributed by atoms with Crippen LogP contribution in [-0.2, 0) is 10.3 Å². The molecule has 46 heavy (non-hydrogen) atoms. The second-order valence-corrected chi connectivity index (χ2v) is 15.2. The van der Waals surface area contributed by atoms with E-state index in [1.54, 1.807) is 40.1 Å². The molecular formula is C28H33ClF5N7O4S. The highest BCUT2D eigenvalue weighted by atomic mass is 35.5. The van der Waals surface area contributed by atoms with Gasteiger partial charge in [-0.1, -0.05) is 11.6 Å². The third-order valence-corrected chi connectivity index (χ3v) is 10.6. The summed E-state index contributed by atoms with van der Waals surface area (Å²) in [5, 5.41) is 7.65. The topological polar surface area (TPSA) is 153 Å². The number of amides is 2. The van der Waals surface area contributed by atoms with E-state index >= 15 is 13.2 Å². The van der Waals surface area contributed by atoms with Crippen molar-refractivity contribution in [1.29, 1.82) is 0 Å². The number of hydrogen-bond donors (Lipinski definition) is 4. The lowest BCUT2D eigenvalue weighted by molar-refractivity contribution is -0.0500. The van der Waals surface area contributed by atoms with Crippen LogP contribution in [0.5, 0.6) is 5.75 Å². The number of aliphatic imine (C=N–C) groups is 1. The van der Waals surface area contributed by atoms with Crippen LogP contribution in [0, 0.1) is 5.82 Å². The van der Waals surface area contributed by atoms with Crippen LogP contribution in [0.1, 0.15) is 64.1 Å². The summed E-state index contributed by atoms with van der Waals surface area (Å²) in [6, 6.07) is 3.03. The third kappa shape index (κ3) is 6.82. The van der Waals surface area contributed by atoms with Gasteiger partial charge in [0.1, 0.15) is 50.6 Å². The first kappa shape index (κ1) is 35.4. The van der Waals surface area contributed by atoms with Gasteiger partial charge in [0.25, 0.3) is 11.8 Å². The third-order valence-electron chi connectivity index (χ3n) is 7.26. The highest BCUT2D eigenvalue weighted by Gasteiger charge is 2.66. The number of halogens is 6. The molecule has 18 heteroatoms. The number of aromatic nitrogens is 2. The molecule has 0 radical (unpaired) electrons. The van der Waals surface area contributed by atoms with Crippen molar-refractivity contribution < 1.29 is 41.0 Å². The molecule has 2 aromatic heterocycles. The summed E-state index contributed by atoms with van der Waals surface area (Å²) >= 11 is 6.05. The monoisotopic (exact) mass is 693 g/mol. The summed E-state index contributed by atoms with van der Waals surface area (Å²) in [4.78, 5) is 36.9. The van der Waals surface area contributed by atoms with E-state index in [4.69, 9.17) is 27.1 Å². The highest BCUT2D eigenvalue weighted by Crippen LogP contribution is 2.63. The van der Waals surface area contributed by atoms with Gasteiger partial charge in [-0.2, -0.15) is 8.78 Å². The highest BCUT2D eigenvalue weighted by molar-refractivity contribution is 8.19. The lowest BCUT2D eigenvalue weighted by Gasteiger charge is -2.61. The molecule has 0 bridgehead atoms. The molecule has 0 unspecified atom stereocenters. The Morgan fingerprint density at radius 1 is 1.17 bits per heavy atom. The molecule has 5 N–H and O–H groups in total. The molecule has 0 aliphatic carbocycles. The molecule has 0 fully saturated rings. The van der Waals surface area contributed by atoms with Crippen molar-refractivity contribution in [3.05, 3.63) is 46.6 Å². The summed E-state index contributed by atoms with van der Waals surface area (Å²) in [5.41, 5.74) is 3.39. The van der Waals surface area contributed by atoms with Gasteiger partial charge in [0, 0.05) is 18.0 Å². The summed E-state index contributed by atoms with van der Waals surface area (Å²) in [7, 11) is -1.14.